The molecule has 2 aromatic carbocycles. The highest BCUT2D eigenvalue weighted by molar-refractivity contribution is 9.11. The number of hydrogen-bond donors (Lipinski definition) is 0. The number of ether oxygens (including phenoxy) is 3. The molecular formula is C24H18Br2N2O5. The Labute approximate surface area is 206 Å². The van der Waals surface area contributed by atoms with Crippen LogP contribution in [0.1, 0.15) is 17.5 Å². The monoisotopic (exact) mass is 572 g/mol. The van der Waals surface area contributed by atoms with E-state index in [1.54, 1.807) is 0 Å². The summed E-state index contributed by atoms with van der Waals surface area (Å²) < 4.78 is 18.2. The van der Waals surface area contributed by atoms with Crippen LogP contribution in [0, 0.1) is 23.7 Å². The van der Waals surface area contributed by atoms with E-state index in [0.717, 1.165) is 37.3 Å². The number of amides is 2. The number of carbonyl (C=O) groups excluding carboxylic acids is 2. The minimum absolute atomic E-state index is 0.168. The number of allylic oxidation sites excluding steroid dienone is 2. The van der Waals surface area contributed by atoms with Crippen LogP contribution in [0.25, 0.3) is 0 Å². The van der Waals surface area contributed by atoms with E-state index in [1.807, 2.05) is 30.3 Å². The number of rotatable bonds is 5. The number of nitrogens with zero attached hydrogens (tertiary/aromatic N) is 2. The van der Waals surface area contributed by atoms with E-state index < -0.39 is 0 Å². The number of benzene rings is 2. The van der Waals surface area contributed by atoms with Gasteiger partial charge in [0.1, 0.15) is 12.4 Å². The highest BCUT2D eigenvalue weighted by Crippen LogP contribution is 2.52. The van der Waals surface area contributed by atoms with Gasteiger partial charge in [-0.1, -0.05) is 18.2 Å². The normalized spacial score (nSPS) is 26.7. The van der Waals surface area contributed by atoms with Gasteiger partial charge in [0.05, 0.1) is 27.0 Å². The fraction of sp³-hybridized carbons (Fsp3) is 0.292. The predicted octanol–water partition coefficient (Wildman–Crippen LogP) is 4.66. The Bertz CT molecular complexity index is 1190. The molecule has 2 amide bonds. The van der Waals surface area contributed by atoms with Crippen molar-refractivity contribution in [2.24, 2.45) is 28.8 Å². The van der Waals surface area contributed by atoms with E-state index in [9.17, 15) is 9.59 Å². The molecule has 7 nitrogen and oxygen atoms in total. The summed E-state index contributed by atoms with van der Waals surface area (Å²) >= 11 is 7.09. The van der Waals surface area contributed by atoms with Crippen molar-refractivity contribution in [2.45, 2.75) is 13.0 Å². The molecule has 168 valence electrons. The molecule has 1 saturated carbocycles. The van der Waals surface area contributed by atoms with Crippen LogP contribution in [-0.2, 0) is 16.2 Å². The van der Waals surface area contributed by atoms with Crippen molar-refractivity contribution in [1.82, 2.24) is 5.01 Å². The van der Waals surface area contributed by atoms with Gasteiger partial charge >= 0.3 is 0 Å². The second-order valence-corrected chi connectivity index (χ2v) is 10.2. The van der Waals surface area contributed by atoms with E-state index in [4.69, 9.17) is 14.2 Å². The molecule has 6 rings (SSSR count). The molecule has 4 atom stereocenters. The number of imide groups is 1. The number of hydrogen-bond acceptors (Lipinski definition) is 6. The first-order valence-corrected chi connectivity index (χ1v) is 12.2. The van der Waals surface area contributed by atoms with Crippen LogP contribution in [-0.4, -0.2) is 29.8 Å². The maximum atomic E-state index is 12.8. The average molecular weight is 574 g/mol. The lowest BCUT2D eigenvalue weighted by Gasteiger charge is -2.13. The van der Waals surface area contributed by atoms with Crippen molar-refractivity contribution >= 4 is 49.9 Å². The van der Waals surface area contributed by atoms with Gasteiger partial charge in [-0.05, 0) is 85.5 Å². The van der Waals surface area contributed by atoms with Crippen molar-refractivity contribution in [1.29, 1.82) is 0 Å². The highest BCUT2D eigenvalue weighted by Gasteiger charge is 2.59. The first kappa shape index (κ1) is 20.9. The van der Waals surface area contributed by atoms with Gasteiger partial charge in [0.25, 0.3) is 11.8 Å². The molecule has 2 heterocycles. The molecule has 2 aromatic rings. The van der Waals surface area contributed by atoms with Gasteiger partial charge in [0, 0.05) is 0 Å². The van der Waals surface area contributed by atoms with Crippen LogP contribution < -0.4 is 14.2 Å². The van der Waals surface area contributed by atoms with Crippen LogP contribution in [0.4, 0.5) is 0 Å². The molecule has 0 aromatic heterocycles. The van der Waals surface area contributed by atoms with Gasteiger partial charge in [0.15, 0.2) is 11.5 Å². The second-order valence-electron chi connectivity index (χ2n) is 8.52. The lowest BCUT2D eigenvalue weighted by Crippen LogP contribution is -2.28. The standard InChI is InChI=1S/C24H18Br2N2O5/c25-16-5-13(9-27-28-23(29)20-14-2-3-15(8-14)21(20)24(28)30)6-17(26)22(16)31-10-12-1-4-18-19(7-12)33-11-32-18/h1-7,9,14-15,20-21H,8,10-11H2/t14-,15-,20-,21+/m0/s1. The third-order valence-electron chi connectivity index (χ3n) is 6.61. The third kappa shape index (κ3) is 3.49. The predicted molar refractivity (Wildman–Crippen MR) is 126 cm³/mol. The Morgan fingerprint density at radius 3 is 2.36 bits per heavy atom. The van der Waals surface area contributed by atoms with Crippen molar-refractivity contribution < 1.29 is 23.8 Å². The van der Waals surface area contributed by atoms with Gasteiger partial charge in [-0.3, -0.25) is 9.59 Å². The molecule has 0 N–H and O–H groups in total. The maximum Gasteiger partial charge on any atom is 0.254 e. The summed E-state index contributed by atoms with van der Waals surface area (Å²) in [5, 5.41) is 5.30. The molecule has 0 radical (unpaired) electrons. The average Bonchev–Trinajstić information content (AvgIpc) is 3.56. The summed E-state index contributed by atoms with van der Waals surface area (Å²) in [7, 11) is 0. The molecule has 2 bridgehead atoms. The molecule has 9 heteroatoms. The lowest BCUT2D eigenvalue weighted by molar-refractivity contribution is -0.140. The van der Waals surface area contributed by atoms with Gasteiger partial charge in [-0.15, -0.1) is 0 Å². The molecule has 4 aliphatic rings. The quantitative estimate of drug-likeness (QED) is 0.295. The first-order chi connectivity index (χ1) is 16.0. The Balaban J connectivity index is 1.16. The largest absolute Gasteiger partial charge is 0.487 e. The third-order valence-corrected chi connectivity index (χ3v) is 7.79. The Morgan fingerprint density at radius 1 is 1.00 bits per heavy atom. The maximum absolute atomic E-state index is 12.8. The van der Waals surface area contributed by atoms with Crippen molar-refractivity contribution in [3.05, 3.63) is 62.6 Å². The molecule has 1 saturated heterocycles. The number of carbonyl (C=O) groups is 2. The Kier molecular flexibility index (Phi) is 5.06. The molecule has 0 spiro atoms. The van der Waals surface area contributed by atoms with E-state index in [0.29, 0.717) is 18.1 Å². The number of hydrazone groups is 1. The van der Waals surface area contributed by atoms with Gasteiger partial charge in [0.2, 0.25) is 6.79 Å². The topological polar surface area (TPSA) is 77.4 Å². The van der Waals surface area contributed by atoms with Crippen molar-refractivity contribution in [2.75, 3.05) is 6.79 Å². The van der Waals surface area contributed by atoms with Crippen molar-refractivity contribution in [3.63, 3.8) is 0 Å². The van der Waals surface area contributed by atoms with Crippen LogP contribution in [0.5, 0.6) is 17.2 Å². The molecule has 2 fully saturated rings. The molecule has 33 heavy (non-hydrogen) atoms. The van der Waals surface area contributed by atoms with Crippen LogP contribution in [0.3, 0.4) is 0 Å². The van der Waals surface area contributed by atoms with E-state index in [1.165, 1.54) is 6.21 Å². The smallest absolute Gasteiger partial charge is 0.254 e. The minimum Gasteiger partial charge on any atom is -0.487 e. The highest BCUT2D eigenvalue weighted by atomic mass is 79.9. The molecular weight excluding hydrogens is 556 g/mol. The SMILES string of the molecule is O=C1[C@@H]2[C@H](C(=O)N1N=Cc1cc(Br)c(OCc3ccc4c(c3)OCO4)c(Br)c1)[C@H]1C=C[C@H]2C1. The first-order valence-electron chi connectivity index (χ1n) is 10.6. The summed E-state index contributed by atoms with van der Waals surface area (Å²) in [5.74, 6) is 1.51. The van der Waals surface area contributed by atoms with E-state index in [-0.39, 0.29) is 42.3 Å². The van der Waals surface area contributed by atoms with Gasteiger partial charge < -0.3 is 14.2 Å². The Morgan fingerprint density at radius 2 is 1.67 bits per heavy atom. The van der Waals surface area contributed by atoms with Crippen LogP contribution in [0.15, 0.2) is 56.5 Å². The summed E-state index contributed by atoms with van der Waals surface area (Å²) in [6.07, 6.45) is 6.57. The fourth-order valence-electron chi connectivity index (χ4n) is 5.10. The second kappa shape index (κ2) is 7.99. The zero-order valence-electron chi connectivity index (χ0n) is 17.2. The van der Waals surface area contributed by atoms with Crippen LogP contribution >= 0.6 is 31.9 Å². The fourth-order valence-corrected chi connectivity index (χ4v) is 6.55. The lowest BCUT2D eigenvalue weighted by atomic mass is 9.85. The van der Waals surface area contributed by atoms with Gasteiger partial charge in [-0.2, -0.15) is 10.1 Å². The summed E-state index contributed by atoms with van der Waals surface area (Å²) in [4.78, 5) is 25.6. The van der Waals surface area contributed by atoms with E-state index >= 15 is 0 Å². The molecule has 0 unspecified atom stereocenters. The molecule has 2 aliphatic carbocycles. The number of fused-ring (bicyclic) bond motifs is 6. The minimum atomic E-state index is -0.255. The van der Waals surface area contributed by atoms with Crippen molar-refractivity contribution in [3.8, 4) is 17.2 Å². The summed E-state index contributed by atoms with van der Waals surface area (Å²) in [5.41, 5.74) is 1.67. The number of halogens is 2. The Hall–Kier alpha value is -2.65. The van der Waals surface area contributed by atoms with Crippen LogP contribution in [0.2, 0.25) is 0 Å². The van der Waals surface area contributed by atoms with Gasteiger partial charge in [-0.25, -0.2) is 0 Å². The van der Waals surface area contributed by atoms with E-state index in [2.05, 4.69) is 49.1 Å². The summed E-state index contributed by atoms with van der Waals surface area (Å²) in [6.45, 7) is 0.574. The molecule has 2 aliphatic heterocycles. The zero-order chi connectivity index (χ0) is 22.7. The summed E-state index contributed by atoms with van der Waals surface area (Å²) in [6, 6.07) is 9.35. The zero-order valence-corrected chi connectivity index (χ0v) is 20.4.